The molecule has 3 heteroatoms. The van der Waals surface area contributed by atoms with Gasteiger partial charge in [0.25, 0.3) is 0 Å². The van der Waals surface area contributed by atoms with Gasteiger partial charge in [-0.3, -0.25) is 4.98 Å². The Labute approximate surface area is 109 Å². The van der Waals surface area contributed by atoms with Gasteiger partial charge in [-0.05, 0) is 19.4 Å². The van der Waals surface area contributed by atoms with E-state index in [1.807, 2.05) is 18.2 Å². The molecule has 2 aromatic rings. The molecule has 2 rings (SSSR count). The number of anilines is 2. The van der Waals surface area contributed by atoms with Gasteiger partial charge < -0.3 is 10.6 Å². The lowest BCUT2D eigenvalue weighted by molar-refractivity contribution is 0.734. The third-order valence-electron chi connectivity index (χ3n) is 3.25. The standard InChI is InChI=1S/C15H21N3/c1-3-5-10-18(4-2)15-12-8-6-7-9-14(12)17-11-13(15)16/h6-9,11H,3-5,10,16H2,1-2H3. The van der Waals surface area contributed by atoms with E-state index in [2.05, 4.69) is 29.8 Å². The first-order chi connectivity index (χ1) is 8.77. The molecule has 0 radical (unpaired) electrons. The Kier molecular flexibility index (Phi) is 4.03. The first kappa shape index (κ1) is 12.7. The summed E-state index contributed by atoms with van der Waals surface area (Å²) in [5.41, 5.74) is 9.05. The third-order valence-corrected chi connectivity index (χ3v) is 3.25. The normalized spacial score (nSPS) is 10.8. The number of rotatable bonds is 5. The van der Waals surface area contributed by atoms with Crippen LogP contribution < -0.4 is 10.6 Å². The average Bonchev–Trinajstić information content (AvgIpc) is 2.41. The van der Waals surface area contributed by atoms with Crippen molar-refractivity contribution >= 4 is 22.3 Å². The van der Waals surface area contributed by atoms with Crippen molar-refractivity contribution in [2.24, 2.45) is 0 Å². The van der Waals surface area contributed by atoms with E-state index in [1.165, 1.54) is 12.8 Å². The first-order valence-corrected chi connectivity index (χ1v) is 6.66. The minimum atomic E-state index is 0.770. The number of pyridine rings is 1. The zero-order chi connectivity index (χ0) is 13.0. The van der Waals surface area contributed by atoms with E-state index >= 15 is 0 Å². The van der Waals surface area contributed by atoms with Gasteiger partial charge in [-0.15, -0.1) is 0 Å². The van der Waals surface area contributed by atoms with Gasteiger partial charge in [0, 0.05) is 18.5 Å². The molecule has 1 aromatic heterocycles. The molecule has 0 amide bonds. The van der Waals surface area contributed by atoms with Crippen LogP contribution in [0, 0.1) is 0 Å². The summed E-state index contributed by atoms with van der Waals surface area (Å²) >= 11 is 0. The summed E-state index contributed by atoms with van der Waals surface area (Å²) in [6.45, 7) is 6.40. The van der Waals surface area contributed by atoms with Crippen LogP contribution in [0.4, 0.5) is 11.4 Å². The van der Waals surface area contributed by atoms with Crippen molar-refractivity contribution < 1.29 is 0 Å². The summed E-state index contributed by atoms with van der Waals surface area (Å²) in [5.74, 6) is 0. The third kappa shape index (κ3) is 2.40. The fourth-order valence-electron chi connectivity index (χ4n) is 2.27. The van der Waals surface area contributed by atoms with Gasteiger partial charge in [-0.1, -0.05) is 31.5 Å². The molecule has 0 saturated carbocycles. The zero-order valence-electron chi connectivity index (χ0n) is 11.2. The monoisotopic (exact) mass is 243 g/mol. The van der Waals surface area contributed by atoms with Gasteiger partial charge >= 0.3 is 0 Å². The minimum Gasteiger partial charge on any atom is -0.396 e. The second kappa shape index (κ2) is 5.71. The van der Waals surface area contributed by atoms with E-state index in [0.29, 0.717) is 0 Å². The number of nitrogens with zero attached hydrogens (tertiary/aromatic N) is 2. The number of unbranched alkanes of at least 4 members (excludes halogenated alkanes) is 1. The Bertz CT molecular complexity index is 522. The van der Waals surface area contributed by atoms with Crippen LogP contribution in [0.15, 0.2) is 30.5 Å². The van der Waals surface area contributed by atoms with E-state index < -0.39 is 0 Å². The summed E-state index contributed by atoms with van der Waals surface area (Å²) in [7, 11) is 0. The maximum Gasteiger partial charge on any atom is 0.0745 e. The quantitative estimate of drug-likeness (QED) is 0.874. The van der Waals surface area contributed by atoms with Crippen molar-refractivity contribution in [1.82, 2.24) is 4.98 Å². The Morgan fingerprint density at radius 1 is 1.22 bits per heavy atom. The molecule has 0 fully saturated rings. The molecule has 0 aliphatic carbocycles. The van der Waals surface area contributed by atoms with Gasteiger partial charge in [-0.25, -0.2) is 0 Å². The SMILES string of the molecule is CCCCN(CC)c1c(N)cnc2ccccc12. The highest BCUT2D eigenvalue weighted by Crippen LogP contribution is 2.31. The molecule has 0 aliphatic heterocycles. The fraction of sp³-hybridized carbons (Fsp3) is 0.400. The van der Waals surface area contributed by atoms with Crippen molar-refractivity contribution in [3.63, 3.8) is 0 Å². The first-order valence-electron chi connectivity index (χ1n) is 6.66. The molecular formula is C15H21N3. The van der Waals surface area contributed by atoms with Crippen LogP contribution in [0.25, 0.3) is 10.9 Å². The lowest BCUT2D eigenvalue weighted by Crippen LogP contribution is -2.25. The van der Waals surface area contributed by atoms with Gasteiger partial charge in [0.1, 0.15) is 0 Å². The Balaban J connectivity index is 2.49. The van der Waals surface area contributed by atoms with Crippen molar-refractivity contribution in [3.8, 4) is 0 Å². The van der Waals surface area contributed by atoms with Crippen LogP contribution in [-0.2, 0) is 0 Å². The topological polar surface area (TPSA) is 42.1 Å². The van der Waals surface area contributed by atoms with E-state index in [9.17, 15) is 0 Å². The van der Waals surface area contributed by atoms with E-state index in [1.54, 1.807) is 6.20 Å². The predicted octanol–water partition coefficient (Wildman–Crippen LogP) is 3.44. The Hall–Kier alpha value is -1.77. The van der Waals surface area contributed by atoms with Gasteiger partial charge in [0.15, 0.2) is 0 Å². The van der Waals surface area contributed by atoms with Gasteiger partial charge in [0.05, 0.1) is 23.1 Å². The highest BCUT2D eigenvalue weighted by atomic mass is 15.1. The minimum absolute atomic E-state index is 0.770. The Morgan fingerprint density at radius 3 is 2.72 bits per heavy atom. The molecule has 0 unspecified atom stereocenters. The maximum atomic E-state index is 6.13. The number of hydrogen-bond acceptors (Lipinski definition) is 3. The van der Waals surface area contributed by atoms with Crippen molar-refractivity contribution in [3.05, 3.63) is 30.5 Å². The van der Waals surface area contributed by atoms with Crippen LogP contribution in [0.2, 0.25) is 0 Å². The molecule has 0 spiro atoms. The molecule has 2 N–H and O–H groups in total. The van der Waals surface area contributed by atoms with Crippen molar-refractivity contribution in [2.75, 3.05) is 23.7 Å². The fourth-order valence-corrected chi connectivity index (χ4v) is 2.27. The summed E-state index contributed by atoms with van der Waals surface area (Å²) in [4.78, 5) is 6.74. The van der Waals surface area contributed by atoms with Gasteiger partial charge in [-0.2, -0.15) is 0 Å². The van der Waals surface area contributed by atoms with Crippen LogP contribution in [0.1, 0.15) is 26.7 Å². The smallest absolute Gasteiger partial charge is 0.0745 e. The molecule has 1 aromatic carbocycles. The van der Waals surface area contributed by atoms with Crippen LogP contribution in [0.5, 0.6) is 0 Å². The van der Waals surface area contributed by atoms with Gasteiger partial charge in [0.2, 0.25) is 0 Å². The molecule has 0 aliphatic rings. The molecule has 3 nitrogen and oxygen atoms in total. The van der Waals surface area contributed by atoms with E-state index in [0.717, 1.165) is 35.4 Å². The lowest BCUT2D eigenvalue weighted by Gasteiger charge is -2.25. The number of nitrogen functional groups attached to an aromatic ring is 1. The highest BCUT2D eigenvalue weighted by Gasteiger charge is 2.12. The summed E-state index contributed by atoms with van der Waals surface area (Å²) < 4.78 is 0. The van der Waals surface area contributed by atoms with Crippen LogP contribution in [0.3, 0.4) is 0 Å². The molecule has 96 valence electrons. The molecule has 0 saturated heterocycles. The largest absolute Gasteiger partial charge is 0.396 e. The number of fused-ring (bicyclic) bond motifs is 1. The molecule has 18 heavy (non-hydrogen) atoms. The number of nitrogens with two attached hydrogens (primary N) is 1. The van der Waals surface area contributed by atoms with E-state index in [4.69, 9.17) is 5.73 Å². The van der Waals surface area contributed by atoms with Crippen molar-refractivity contribution in [2.45, 2.75) is 26.7 Å². The van der Waals surface area contributed by atoms with Crippen LogP contribution >= 0.6 is 0 Å². The molecule has 0 bridgehead atoms. The molecule has 1 heterocycles. The zero-order valence-corrected chi connectivity index (χ0v) is 11.2. The van der Waals surface area contributed by atoms with Crippen LogP contribution in [-0.4, -0.2) is 18.1 Å². The Morgan fingerprint density at radius 2 is 2.00 bits per heavy atom. The molecule has 0 atom stereocenters. The number of benzene rings is 1. The number of hydrogen-bond donors (Lipinski definition) is 1. The highest BCUT2D eigenvalue weighted by molar-refractivity contribution is 5.97. The molecular weight excluding hydrogens is 222 g/mol. The average molecular weight is 243 g/mol. The predicted molar refractivity (Wildman–Crippen MR) is 79.0 cm³/mol. The van der Waals surface area contributed by atoms with Crippen molar-refractivity contribution in [1.29, 1.82) is 0 Å². The summed E-state index contributed by atoms with van der Waals surface area (Å²) in [6, 6.07) is 8.19. The second-order valence-corrected chi connectivity index (χ2v) is 4.51. The summed E-state index contributed by atoms with van der Waals surface area (Å²) in [6.07, 6.45) is 4.15. The lowest BCUT2D eigenvalue weighted by atomic mass is 10.1. The summed E-state index contributed by atoms with van der Waals surface area (Å²) in [5, 5.41) is 1.15. The number of aromatic nitrogens is 1. The second-order valence-electron chi connectivity index (χ2n) is 4.51. The number of para-hydroxylation sites is 1. The maximum absolute atomic E-state index is 6.13. The van der Waals surface area contributed by atoms with E-state index in [-0.39, 0.29) is 0 Å².